The summed E-state index contributed by atoms with van der Waals surface area (Å²) in [5.74, 6) is 0. The van der Waals surface area contributed by atoms with Crippen molar-refractivity contribution in [1.29, 1.82) is 0 Å². The normalized spacial score (nSPS) is 11.6. The Labute approximate surface area is 392 Å². The fourth-order valence-corrected chi connectivity index (χ4v) is 10.9. The zero-order valence-electron chi connectivity index (χ0n) is 36.4. The second-order valence-electron chi connectivity index (χ2n) is 17.2. The van der Waals surface area contributed by atoms with Gasteiger partial charge in [-0.25, -0.2) is 4.98 Å². The smallest absolute Gasteiger partial charge is 0.124 e. The molecule has 0 aliphatic heterocycles. The van der Waals surface area contributed by atoms with E-state index >= 15 is 0 Å². The average Bonchev–Trinajstić information content (AvgIpc) is 3.98. The first-order valence-corrected chi connectivity index (χ1v) is 23.6. The molecule has 67 heavy (non-hydrogen) atoms. The van der Waals surface area contributed by atoms with Crippen molar-refractivity contribution in [3.63, 3.8) is 0 Å². The minimum Gasteiger partial charge on any atom is -0.311 e. The molecule has 0 aliphatic rings. The Hall–Kier alpha value is -8.57. The number of anilines is 3. The summed E-state index contributed by atoms with van der Waals surface area (Å²) in [7, 11) is 0. The number of thiazole rings is 1. The summed E-state index contributed by atoms with van der Waals surface area (Å²) >= 11 is 1.73. The van der Waals surface area contributed by atoms with Gasteiger partial charge in [0.15, 0.2) is 0 Å². The van der Waals surface area contributed by atoms with E-state index in [0.717, 1.165) is 44.4 Å². The number of benzene rings is 11. The van der Waals surface area contributed by atoms with Crippen molar-refractivity contribution in [3.8, 4) is 49.6 Å². The zero-order chi connectivity index (χ0) is 44.3. The molecular weight excluding hydrogens is 831 g/mol. The first-order chi connectivity index (χ1) is 33.2. The van der Waals surface area contributed by atoms with Crippen LogP contribution in [0.3, 0.4) is 0 Å². The second kappa shape index (κ2) is 16.1. The Bertz CT molecular complexity index is 3920. The van der Waals surface area contributed by atoms with Gasteiger partial charge in [0.25, 0.3) is 0 Å². The molecule has 4 heteroatoms. The van der Waals surface area contributed by atoms with Crippen molar-refractivity contribution in [2.24, 2.45) is 0 Å². The largest absolute Gasteiger partial charge is 0.311 e. The molecule has 13 rings (SSSR count). The number of rotatable bonds is 8. The molecule has 11 aromatic carbocycles. The summed E-state index contributed by atoms with van der Waals surface area (Å²) in [6.45, 7) is 0. The molecule has 3 nitrogen and oxygen atoms in total. The van der Waals surface area contributed by atoms with Gasteiger partial charge in [0, 0.05) is 39.1 Å². The highest BCUT2D eigenvalue weighted by Gasteiger charge is 2.18. The SMILES string of the molecule is c1ccc(-n2c3ccc(-c4ccc(N(c5ccc(-c6nc7ccccc7s6)cc5)c5ccc(-c6cccc7ccccc67)cc5)cc4)cc3c3cc(-c4cccc5ccccc45)ccc32)cc1. The fourth-order valence-electron chi connectivity index (χ4n) is 9.97. The third-order valence-corrected chi connectivity index (χ3v) is 14.3. The third kappa shape index (κ3) is 6.86. The number of aromatic nitrogens is 2. The van der Waals surface area contributed by atoms with Crippen LogP contribution in [-0.4, -0.2) is 9.55 Å². The summed E-state index contributed by atoms with van der Waals surface area (Å²) in [5, 5.41) is 8.48. The van der Waals surface area contributed by atoms with E-state index in [0.29, 0.717) is 0 Å². The maximum absolute atomic E-state index is 4.96. The zero-order valence-corrected chi connectivity index (χ0v) is 37.2. The molecule has 0 saturated heterocycles. The van der Waals surface area contributed by atoms with Gasteiger partial charge in [0.05, 0.1) is 21.3 Å². The molecule has 0 N–H and O–H groups in total. The standard InChI is InChI=1S/C63H41N3S/c1-2-16-49(17-3-1)66-60-38-30-47(40-57(60)58-41-48(31-39-61(58)66)56-21-11-15-44-13-5-7-19-54(44)56)42-24-32-50(33-25-42)65(52-36-28-46(29-37-52)63-64-59-22-8-9-23-62(59)67-63)51-34-26-45(27-35-51)55-20-10-14-43-12-4-6-18-53(43)55/h1-41H. The highest BCUT2D eigenvalue weighted by Crippen LogP contribution is 2.42. The van der Waals surface area contributed by atoms with Gasteiger partial charge in [0.2, 0.25) is 0 Å². The quantitative estimate of drug-likeness (QED) is 0.152. The van der Waals surface area contributed by atoms with Gasteiger partial charge in [-0.3, -0.25) is 0 Å². The van der Waals surface area contributed by atoms with Crippen LogP contribution in [0.15, 0.2) is 249 Å². The van der Waals surface area contributed by atoms with Crippen molar-refractivity contribution in [3.05, 3.63) is 249 Å². The number of hydrogen-bond donors (Lipinski definition) is 0. The van der Waals surface area contributed by atoms with Gasteiger partial charge < -0.3 is 9.47 Å². The van der Waals surface area contributed by atoms with Crippen LogP contribution in [0.4, 0.5) is 17.1 Å². The van der Waals surface area contributed by atoms with Crippen molar-refractivity contribution in [1.82, 2.24) is 9.55 Å². The van der Waals surface area contributed by atoms with Gasteiger partial charge in [-0.2, -0.15) is 0 Å². The highest BCUT2D eigenvalue weighted by atomic mass is 32.1. The average molecular weight is 872 g/mol. The Morgan fingerprint density at radius 2 is 0.821 bits per heavy atom. The predicted octanol–water partition coefficient (Wildman–Crippen LogP) is 17.8. The van der Waals surface area contributed by atoms with E-state index in [-0.39, 0.29) is 0 Å². The number of nitrogens with zero attached hydrogens (tertiary/aromatic N) is 3. The number of hydrogen-bond acceptors (Lipinski definition) is 3. The molecule has 0 radical (unpaired) electrons. The Morgan fingerprint density at radius 1 is 0.343 bits per heavy atom. The highest BCUT2D eigenvalue weighted by molar-refractivity contribution is 7.21. The summed E-state index contributed by atoms with van der Waals surface area (Å²) in [5.41, 5.74) is 16.1. The fraction of sp³-hybridized carbons (Fsp3) is 0. The van der Waals surface area contributed by atoms with Gasteiger partial charge >= 0.3 is 0 Å². The molecule has 2 aromatic heterocycles. The molecule has 13 aromatic rings. The lowest BCUT2D eigenvalue weighted by molar-refractivity contribution is 1.18. The molecule has 0 atom stereocenters. The Kier molecular flexibility index (Phi) is 9.36. The van der Waals surface area contributed by atoms with Crippen LogP contribution in [0.1, 0.15) is 0 Å². The van der Waals surface area contributed by atoms with Gasteiger partial charge in [0.1, 0.15) is 5.01 Å². The summed E-state index contributed by atoms with van der Waals surface area (Å²) in [4.78, 5) is 7.31. The Morgan fingerprint density at radius 3 is 1.45 bits per heavy atom. The van der Waals surface area contributed by atoms with Crippen LogP contribution in [-0.2, 0) is 0 Å². The van der Waals surface area contributed by atoms with Crippen molar-refractivity contribution >= 4 is 82.0 Å². The summed E-state index contributed by atoms with van der Waals surface area (Å²) in [6.07, 6.45) is 0. The first kappa shape index (κ1) is 38.9. The van der Waals surface area contributed by atoms with E-state index in [2.05, 4.69) is 258 Å². The molecule has 0 saturated carbocycles. The van der Waals surface area contributed by atoms with Crippen molar-refractivity contribution in [2.45, 2.75) is 0 Å². The Balaban J connectivity index is 0.905. The number of para-hydroxylation sites is 2. The van der Waals surface area contributed by atoms with E-state index < -0.39 is 0 Å². The molecule has 0 spiro atoms. The van der Waals surface area contributed by atoms with Crippen LogP contribution >= 0.6 is 11.3 Å². The maximum atomic E-state index is 4.96. The van der Waals surface area contributed by atoms with Crippen LogP contribution < -0.4 is 4.90 Å². The second-order valence-corrected chi connectivity index (χ2v) is 18.2. The van der Waals surface area contributed by atoms with Crippen LogP contribution in [0, 0.1) is 0 Å². The molecule has 0 amide bonds. The van der Waals surface area contributed by atoms with E-state index in [9.17, 15) is 0 Å². The maximum Gasteiger partial charge on any atom is 0.124 e. The summed E-state index contributed by atoms with van der Waals surface area (Å²) in [6, 6.07) is 90.3. The van der Waals surface area contributed by atoms with Gasteiger partial charge in [-0.15, -0.1) is 11.3 Å². The topological polar surface area (TPSA) is 21.1 Å². The van der Waals surface area contributed by atoms with E-state index in [1.165, 1.54) is 75.9 Å². The third-order valence-electron chi connectivity index (χ3n) is 13.2. The number of fused-ring (bicyclic) bond motifs is 6. The minimum absolute atomic E-state index is 1.02. The van der Waals surface area contributed by atoms with Crippen molar-refractivity contribution in [2.75, 3.05) is 4.90 Å². The monoisotopic (exact) mass is 871 g/mol. The lowest BCUT2D eigenvalue weighted by Crippen LogP contribution is -2.09. The van der Waals surface area contributed by atoms with Crippen LogP contribution in [0.5, 0.6) is 0 Å². The molecule has 0 aliphatic carbocycles. The molecular formula is C63H41N3S. The first-order valence-electron chi connectivity index (χ1n) is 22.8. The van der Waals surface area contributed by atoms with Gasteiger partial charge in [-0.1, -0.05) is 152 Å². The summed E-state index contributed by atoms with van der Waals surface area (Å²) < 4.78 is 3.59. The van der Waals surface area contributed by atoms with E-state index in [4.69, 9.17) is 4.98 Å². The molecule has 314 valence electrons. The van der Waals surface area contributed by atoms with E-state index in [1.54, 1.807) is 11.3 Å². The van der Waals surface area contributed by atoms with E-state index in [1.807, 2.05) is 0 Å². The molecule has 0 unspecified atom stereocenters. The predicted molar refractivity (Wildman–Crippen MR) is 285 cm³/mol. The lowest BCUT2D eigenvalue weighted by atomic mass is 9.96. The lowest BCUT2D eigenvalue weighted by Gasteiger charge is -2.26. The molecule has 0 bridgehead atoms. The molecule has 2 heterocycles. The minimum atomic E-state index is 1.02. The van der Waals surface area contributed by atoms with Crippen molar-refractivity contribution < 1.29 is 0 Å². The van der Waals surface area contributed by atoms with Gasteiger partial charge in [-0.05, 0) is 152 Å². The molecule has 0 fully saturated rings. The van der Waals surface area contributed by atoms with Crippen LogP contribution in [0.2, 0.25) is 0 Å². The van der Waals surface area contributed by atoms with Crippen LogP contribution in [0.25, 0.3) is 103 Å².